The summed E-state index contributed by atoms with van der Waals surface area (Å²) in [6, 6.07) is 16.8. The molecule has 6 rings (SSSR count). The first-order valence-corrected chi connectivity index (χ1v) is 13.0. The molecule has 0 atom stereocenters. The SMILES string of the molecule is CN(C)C=O.O=C(COC(=O)c1c2c(nc3ccccc13)/C(=C\c1ccc3c(c1)OCO3)CC2)NCc1ccco1. The van der Waals surface area contributed by atoms with E-state index in [-0.39, 0.29) is 19.9 Å². The number of para-hydroxylation sites is 1. The minimum Gasteiger partial charge on any atom is -0.467 e. The summed E-state index contributed by atoms with van der Waals surface area (Å²) in [6.45, 7) is 0.0634. The van der Waals surface area contributed by atoms with E-state index in [9.17, 15) is 14.4 Å². The maximum Gasteiger partial charge on any atom is 0.339 e. The molecule has 3 heterocycles. The Morgan fingerprint density at radius 1 is 1.05 bits per heavy atom. The highest BCUT2D eigenvalue weighted by Crippen LogP contribution is 2.39. The first-order chi connectivity index (χ1) is 19.9. The average Bonchev–Trinajstić information content (AvgIpc) is 3.75. The maximum atomic E-state index is 13.3. The van der Waals surface area contributed by atoms with Gasteiger partial charge >= 0.3 is 5.97 Å². The maximum absolute atomic E-state index is 13.3. The fraction of sp³-hybridized carbons (Fsp3) is 0.226. The fourth-order valence-corrected chi connectivity index (χ4v) is 4.57. The summed E-state index contributed by atoms with van der Waals surface area (Å²) in [4.78, 5) is 41.2. The van der Waals surface area contributed by atoms with E-state index in [1.807, 2.05) is 42.5 Å². The van der Waals surface area contributed by atoms with Crippen LogP contribution in [0.5, 0.6) is 11.5 Å². The monoisotopic (exact) mass is 555 g/mol. The molecular formula is C31H29N3O7. The van der Waals surface area contributed by atoms with Crippen molar-refractivity contribution >= 4 is 40.8 Å². The van der Waals surface area contributed by atoms with E-state index in [2.05, 4.69) is 11.4 Å². The van der Waals surface area contributed by atoms with Gasteiger partial charge in [-0.3, -0.25) is 9.59 Å². The molecule has 10 nitrogen and oxygen atoms in total. The van der Waals surface area contributed by atoms with Gasteiger partial charge in [-0.15, -0.1) is 0 Å². The van der Waals surface area contributed by atoms with Crippen LogP contribution in [-0.4, -0.2) is 55.7 Å². The highest BCUT2D eigenvalue weighted by atomic mass is 16.7. The number of rotatable bonds is 7. The number of nitrogens with zero attached hydrogens (tertiary/aromatic N) is 2. The van der Waals surface area contributed by atoms with Crippen LogP contribution in [0, 0.1) is 0 Å². The molecule has 2 aromatic carbocycles. The number of aromatic nitrogens is 1. The van der Waals surface area contributed by atoms with Gasteiger partial charge in [0.1, 0.15) is 5.76 Å². The van der Waals surface area contributed by atoms with Crippen molar-refractivity contribution in [2.75, 3.05) is 27.5 Å². The summed E-state index contributed by atoms with van der Waals surface area (Å²) < 4.78 is 21.5. The summed E-state index contributed by atoms with van der Waals surface area (Å²) in [7, 11) is 3.38. The Morgan fingerprint density at radius 2 is 1.85 bits per heavy atom. The van der Waals surface area contributed by atoms with Crippen LogP contribution in [0.4, 0.5) is 0 Å². The number of ether oxygens (including phenoxy) is 3. The van der Waals surface area contributed by atoms with E-state index < -0.39 is 11.9 Å². The minimum absolute atomic E-state index is 0.220. The molecule has 0 unspecified atom stereocenters. The van der Waals surface area contributed by atoms with Crippen LogP contribution in [-0.2, 0) is 27.3 Å². The van der Waals surface area contributed by atoms with Gasteiger partial charge in [-0.05, 0) is 65.9 Å². The molecule has 2 aliphatic rings. The molecule has 10 heteroatoms. The third-order valence-electron chi connectivity index (χ3n) is 6.47. The van der Waals surface area contributed by atoms with Crippen molar-refractivity contribution in [3.05, 3.63) is 89.0 Å². The van der Waals surface area contributed by atoms with E-state index in [1.165, 1.54) is 11.2 Å². The molecule has 0 fully saturated rings. The topological polar surface area (TPSA) is 120 Å². The van der Waals surface area contributed by atoms with Crippen LogP contribution in [0.2, 0.25) is 0 Å². The molecule has 1 aliphatic carbocycles. The zero-order valence-corrected chi connectivity index (χ0v) is 22.7. The first kappa shape index (κ1) is 27.4. The largest absolute Gasteiger partial charge is 0.467 e. The highest BCUT2D eigenvalue weighted by molar-refractivity contribution is 6.07. The number of hydrogen-bond acceptors (Lipinski definition) is 8. The summed E-state index contributed by atoms with van der Waals surface area (Å²) in [6.07, 6.45) is 5.73. The van der Waals surface area contributed by atoms with Gasteiger partial charge in [-0.25, -0.2) is 9.78 Å². The van der Waals surface area contributed by atoms with Crippen molar-refractivity contribution in [1.82, 2.24) is 15.2 Å². The summed E-state index contributed by atoms with van der Waals surface area (Å²) in [5, 5.41) is 3.39. The first-order valence-electron chi connectivity index (χ1n) is 13.0. The van der Waals surface area contributed by atoms with E-state index in [0.29, 0.717) is 34.4 Å². The number of fused-ring (bicyclic) bond motifs is 3. The molecule has 0 saturated heterocycles. The van der Waals surface area contributed by atoms with Gasteiger partial charge in [-0.1, -0.05) is 24.3 Å². The van der Waals surface area contributed by atoms with Crippen molar-refractivity contribution in [3.63, 3.8) is 0 Å². The van der Waals surface area contributed by atoms with E-state index >= 15 is 0 Å². The fourth-order valence-electron chi connectivity index (χ4n) is 4.57. The van der Waals surface area contributed by atoms with Gasteiger partial charge in [-0.2, -0.15) is 0 Å². The van der Waals surface area contributed by atoms with E-state index in [1.54, 1.807) is 26.2 Å². The Hall–Kier alpha value is -5.12. The van der Waals surface area contributed by atoms with Crippen LogP contribution in [0.3, 0.4) is 0 Å². The number of hydrogen-bond donors (Lipinski definition) is 1. The zero-order valence-electron chi connectivity index (χ0n) is 22.7. The Labute approximate surface area is 236 Å². The van der Waals surface area contributed by atoms with E-state index in [4.69, 9.17) is 23.6 Å². The Bertz CT molecular complexity index is 1610. The number of nitrogens with one attached hydrogen (secondary N) is 1. The van der Waals surface area contributed by atoms with Crippen LogP contribution in [0.25, 0.3) is 22.6 Å². The number of carbonyl (C=O) groups is 3. The smallest absolute Gasteiger partial charge is 0.339 e. The van der Waals surface area contributed by atoms with Gasteiger partial charge in [0.25, 0.3) is 5.91 Å². The van der Waals surface area contributed by atoms with Gasteiger partial charge in [0, 0.05) is 19.5 Å². The van der Waals surface area contributed by atoms with Gasteiger partial charge in [0.15, 0.2) is 18.1 Å². The summed E-state index contributed by atoms with van der Waals surface area (Å²) in [5.74, 6) is 1.12. The Balaban J connectivity index is 0.000000623. The molecule has 210 valence electrons. The predicted octanol–water partition coefficient (Wildman–Crippen LogP) is 4.22. The Kier molecular flexibility index (Phi) is 8.28. The van der Waals surface area contributed by atoms with Crippen molar-refractivity contribution in [1.29, 1.82) is 0 Å². The molecule has 2 aromatic heterocycles. The van der Waals surface area contributed by atoms with Crippen molar-refractivity contribution < 1.29 is 33.0 Å². The van der Waals surface area contributed by atoms with Crippen LogP contribution >= 0.6 is 0 Å². The van der Waals surface area contributed by atoms with E-state index in [0.717, 1.165) is 41.0 Å². The van der Waals surface area contributed by atoms with Gasteiger partial charge in [0.05, 0.1) is 29.6 Å². The summed E-state index contributed by atoms with van der Waals surface area (Å²) in [5.41, 5.74) is 4.77. The standard InChI is InChI=1S/C28H22N2O6.C3H7NO/c31-25(29-14-19-4-3-11-33-19)15-34-28(32)26-20-5-1-2-6-22(20)30-27-18(8-9-21(26)27)12-17-7-10-23-24(13-17)36-16-35-23;1-4(2)3-5/h1-7,10-13H,8-9,14-16H2,(H,29,31);3H,1-2H3/b18-12-;. The lowest BCUT2D eigenvalue weighted by molar-refractivity contribution is -0.124. The van der Waals surface area contributed by atoms with Crippen LogP contribution in [0.1, 0.15) is 39.4 Å². The third-order valence-corrected chi connectivity index (χ3v) is 6.47. The normalized spacial score (nSPS) is 13.8. The van der Waals surface area contributed by atoms with Crippen molar-refractivity contribution in [2.45, 2.75) is 19.4 Å². The van der Waals surface area contributed by atoms with Gasteiger partial charge < -0.3 is 28.8 Å². The molecule has 1 aliphatic heterocycles. The number of amides is 2. The lowest BCUT2D eigenvalue weighted by Crippen LogP contribution is -2.28. The third kappa shape index (κ3) is 6.38. The summed E-state index contributed by atoms with van der Waals surface area (Å²) >= 11 is 0. The highest BCUT2D eigenvalue weighted by Gasteiger charge is 2.28. The van der Waals surface area contributed by atoms with Crippen molar-refractivity contribution in [3.8, 4) is 11.5 Å². The average molecular weight is 556 g/mol. The number of pyridine rings is 1. The molecule has 2 amide bonds. The lowest BCUT2D eigenvalue weighted by atomic mass is 10.0. The van der Waals surface area contributed by atoms with Gasteiger partial charge in [0.2, 0.25) is 13.2 Å². The number of esters is 1. The second kappa shape index (κ2) is 12.4. The molecule has 41 heavy (non-hydrogen) atoms. The zero-order chi connectivity index (χ0) is 28.8. The molecular weight excluding hydrogens is 526 g/mol. The number of allylic oxidation sites excluding steroid dienone is 1. The molecule has 0 saturated carbocycles. The molecule has 4 aromatic rings. The number of furan rings is 1. The predicted molar refractivity (Wildman–Crippen MR) is 151 cm³/mol. The molecule has 1 N–H and O–H groups in total. The molecule has 0 spiro atoms. The number of benzene rings is 2. The lowest BCUT2D eigenvalue weighted by Gasteiger charge is -2.12. The molecule has 0 radical (unpaired) electrons. The second-order valence-electron chi connectivity index (χ2n) is 9.61. The van der Waals surface area contributed by atoms with Crippen molar-refractivity contribution in [2.24, 2.45) is 0 Å². The second-order valence-corrected chi connectivity index (χ2v) is 9.61. The Morgan fingerprint density at radius 3 is 2.63 bits per heavy atom. The molecule has 0 bridgehead atoms. The number of carbonyl (C=O) groups excluding carboxylic acids is 3. The van der Waals surface area contributed by atoms with Crippen LogP contribution < -0.4 is 14.8 Å². The van der Waals surface area contributed by atoms with Crippen LogP contribution in [0.15, 0.2) is 65.3 Å². The minimum atomic E-state index is -0.540. The quantitative estimate of drug-likeness (QED) is 0.266.